The van der Waals surface area contributed by atoms with E-state index in [0.717, 1.165) is 4.47 Å². The number of benzene rings is 1. The third-order valence-corrected chi connectivity index (χ3v) is 3.39. The first-order valence-electron chi connectivity index (χ1n) is 4.32. The molecule has 1 unspecified atom stereocenters. The van der Waals surface area contributed by atoms with E-state index in [1.165, 1.54) is 0 Å². The molecule has 5 heteroatoms. The van der Waals surface area contributed by atoms with Crippen LogP contribution in [-0.4, -0.2) is 12.6 Å². The second-order valence-corrected chi connectivity index (χ2v) is 4.49. The van der Waals surface area contributed by atoms with Crippen LogP contribution < -0.4 is 0 Å². The van der Waals surface area contributed by atoms with Crippen molar-refractivity contribution < 1.29 is 9.53 Å². The number of carbonyl (C=O) groups is 1. The number of rotatable bonds is 3. The Morgan fingerprint density at radius 1 is 1.60 bits per heavy atom. The molecular weight excluding hydrogens is 303 g/mol. The quantitative estimate of drug-likeness (QED) is 0.624. The van der Waals surface area contributed by atoms with Gasteiger partial charge < -0.3 is 4.74 Å². The van der Waals surface area contributed by atoms with Gasteiger partial charge in [0.05, 0.1) is 11.6 Å². The third kappa shape index (κ3) is 3.37. The van der Waals surface area contributed by atoms with E-state index in [0.29, 0.717) is 17.2 Å². The molecule has 1 aromatic rings. The fourth-order valence-corrected chi connectivity index (χ4v) is 1.66. The van der Waals surface area contributed by atoms with Crippen LogP contribution in [0.3, 0.4) is 0 Å². The zero-order valence-corrected chi connectivity index (χ0v) is 11.1. The summed E-state index contributed by atoms with van der Waals surface area (Å²) in [4.78, 5) is 11.3. The Morgan fingerprint density at radius 2 is 2.27 bits per heavy atom. The Kier molecular flexibility index (Phi) is 4.90. The number of hydrogen-bond donors (Lipinski definition) is 0. The lowest BCUT2D eigenvalue weighted by Crippen LogP contribution is -2.10. The van der Waals surface area contributed by atoms with Gasteiger partial charge >= 0.3 is 5.97 Å². The monoisotopic (exact) mass is 310 g/mol. The molecule has 0 spiro atoms. The van der Waals surface area contributed by atoms with Crippen LogP contribution in [0.2, 0.25) is 5.02 Å². The minimum absolute atomic E-state index is 0.312. The first kappa shape index (κ1) is 12.8. The highest BCUT2D eigenvalue weighted by Crippen LogP contribution is 2.29. The van der Waals surface area contributed by atoms with E-state index in [2.05, 4.69) is 15.9 Å². The number of hydrogen-bond acceptors (Lipinski definition) is 2. The molecule has 0 aromatic heterocycles. The summed E-state index contributed by atoms with van der Waals surface area (Å²) in [6.45, 7) is 2.04. The fraction of sp³-hybridized carbons (Fsp3) is 0.300. The molecule has 0 saturated heterocycles. The van der Waals surface area contributed by atoms with Gasteiger partial charge in [-0.15, -0.1) is 11.6 Å². The first-order valence-corrected chi connectivity index (χ1v) is 5.92. The van der Waals surface area contributed by atoms with Crippen molar-refractivity contribution in [2.45, 2.75) is 12.3 Å². The number of carbonyl (C=O) groups excluding carboxylic acids is 1. The second kappa shape index (κ2) is 5.73. The van der Waals surface area contributed by atoms with E-state index in [1.807, 2.05) is 0 Å². The van der Waals surface area contributed by atoms with Gasteiger partial charge in [0.15, 0.2) is 5.38 Å². The minimum atomic E-state index is -0.810. The van der Waals surface area contributed by atoms with Crippen molar-refractivity contribution in [2.24, 2.45) is 0 Å². The smallest absolute Gasteiger partial charge is 0.328 e. The number of halogens is 3. The van der Waals surface area contributed by atoms with Crippen LogP contribution in [0.5, 0.6) is 0 Å². The molecule has 1 rings (SSSR count). The lowest BCUT2D eigenvalue weighted by molar-refractivity contribution is -0.142. The number of alkyl halides is 1. The molecule has 0 N–H and O–H groups in total. The van der Waals surface area contributed by atoms with Gasteiger partial charge in [-0.3, -0.25) is 4.79 Å². The zero-order chi connectivity index (χ0) is 11.4. The maximum atomic E-state index is 11.3. The van der Waals surface area contributed by atoms with Crippen LogP contribution in [0.15, 0.2) is 22.7 Å². The van der Waals surface area contributed by atoms with E-state index in [9.17, 15) is 4.79 Å². The van der Waals surface area contributed by atoms with Gasteiger partial charge in [-0.2, -0.15) is 0 Å². The lowest BCUT2D eigenvalue weighted by atomic mass is 10.1. The Hall–Kier alpha value is -0.250. The van der Waals surface area contributed by atoms with Crippen LogP contribution in [-0.2, 0) is 9.53 Å². The topological polar surface area (TPSA) is 26.3 Å². The van der Waals surface area contributed by atoms with Gasteiger partial charge in [0, 0.05) is 4.47 Å². The van der Waals surface area contributed by atoms with Crippen molar-refractivity contribution in [1.82, 2.24) is 0 Å². The highest BCUT2D eigenvalue weighted by atomic mass is 79.9. The molecule has 0 aliphatic heterocycles. The third-order valence-electron chi connectivity index (χ3n) is 1.73. The summed E-state index contributed by atoms with van der Waals surface area (Å²) < 4.78 is 5.57. The average Bonchev–Trinajstić information content (AvgIpc) is 2.21. The Balaban J connectivity index is 2.86. The predicted octanol–water partition coefficient (Wildman–Crippen LogP) is 3.95. The minimum Gasteiger partial charge on any atom is -0.465 e. The van der Waals surface area contributed by atoms with E-state index in [4.69, 9.17) is 27.9 Å². The Bertz CT molecular complexity index is 368. The van der Waals surface area contributed by atoms with Crippen LogP contribution in [0.4, 0.5) is 0 Å². The van der Waals surface area contributed by atoms with Gasteiger partial charge in [-0.1, -0.05) is 17.7 Å². The summed E-state index contributed by atoms with van der Waals surface area (Å²) in [6, 6.07) is 5.11. The summed E-state index contributed by atoms with van der Waals surface area (Å²) in [7, 11) is 0. The van der Waals surface area contributed by atoms with Crippen LogP contribution in [0.1, 0.15) is 17.9 Å². The summed E-state index contributed by atoms with van der Waals surface area (Å²) in [5.41, 5.74) is 0.628. The first-order chi connectivity index (χ1) is 7.06. The summed E-state index contributed by atoms with van der Waals surface area (Å²) in [5, 5.41) is -0.294. The van der Waals surface area contributed by atoms with E-state index >= 15 is 0 Å². The molecule has 0 aliphatic rings. The second-order valence-electron chi connectivity index (χ2n) is 2.79. The summed E-state index contributed by atoms with van der Waals surface area (Å²) in [6.07, 6.45) is 0. The predicted molar refractivity (Wildman–Crippen MR) is 64.4 cm³/mol. The SMILES string of the molecule is CCOC(=O)C(Cl)c1ccc(Br)c(Cl)c1. The van der Waals surface area contributed by atoms with Crippen LogP contribution in [0, 0.1) is 0 Å². The van der Waals surface area contributed by atoms with E-state index < -0.39 is 11.3 Å². The summed E-state index contributed by atoms with van der Waals surface area (Å²) in [5.74, 6) is -0.461. The van der Waals surface area contributed by atoms with Gasteiger partial charge in [0.1, 0.15) is 0 Å². The van der Waals surface area contributed by atoms with Gasteiger partial charge in [0.2, 0.25) is 0 Å². The highest BCUT2D eigenvalue weighted by Gasteiger charge is 2.19. The molecule has 0 radical (unpaired) electrons. The van der Waals surface area contributed by atoms with Crippen LogP contribution >= 0.6 is 39.1 Å². The Labute approximate surface area is 107 Å². The molecule has 2 nitrogen and oxygen atoms in total. The number of esters is 1. The highest BCUT2D eigenvalue weighted by molar-refractivity contribution is 9.10. The van der Waals surface area contributed by atoms with Crippen molar-refractivity contribution in [3.05, 3.63) is 33.3 Å². The molecule has 0 fully saturated rings. The average molecular weight is 312 g/mol. The van der Waals surface area contributed by atoms with Crippen molar-refractivity contribution in [3.63, 3.8) is 0 Å². The van der Waals surface area contributed by atoms with Crippen molar-refractivity contribution >= 4 is 45.1 Å². The lowest BCUT2D eigenvalue weighted by Gasteiger charge is -2.09. The van der Waals surface area contributed by atoms with Crippen molar-refractivity contribution in [2.75, 3.05) is 6.61 Å². The standard InChI is InChI=1S/C10H9BrCl2O2/c1-2-15-10(14)9(13)6-3-4-7(11)8(12)5-6/h3-5,9H,2H2,1H3. The normalized spacial score (nSPS) is 12.3. The summed E-state index contributed by atoms with van der Waals surface area (Å²) >= 11 is 15.0. The van der Waals surface area contributed by atoms with Crippen molar-refractivity contribution in [3.8, 4) is 0 Å². The molecular formula is C10H9BrCl2O2. The maximum absolute atomic E-state index is 11.3. The Morgan fingerprint density at radius 3 is 2.80 bits per heavy atom. The molecule has 15 heavy (non-hydrogen) atoms. The molecule has 82 valence electrons. The van der Waals surface area contributed by atoms with Crippen molar-refractivity contribution in [1.29, 1.82) is 0 Å². The molecule has 0 saturated carbocycles. The van der Waals surface area contributed by atoms with Gasteiger partial charge in [-0.05, 0) is 40.5 Å². The molecule has 0 aliphatic carbocycles. The molecule has 0 amide bonds. The van der Waals surface area contributed by atoms with Gasteiger partial charge in [0.25, 0.3) is 0 Å². The fourth-order valence-electron chi connectivity index (χ4n) is 1.02. The molecule has 1 aromatic carbocycles. The number of ether oxygens (including phenoxy) is 1. The maximum Gasteiger partial charge on any atom is 0.328 e. The molecule has 0 bridgehead atoms. The molecule has 1 atom stereocenters. The molecule has 0 heterocycles. The van der Waals surface area contributed by atoms with Gasteiger partial charge in [-0.25, -0.2) is 0 Å². The van der Waals surface area contributed by atoms with Crippen LogP contribution in [0.25, 0.3) is 0 Å². The van der Waals surface area contributed by atoms with E-state index in [1.54, 1.807) is 25.1 Å². The largest absolute Gasteiger partial charge is 0.465 e. The zero-order valence-electron chi connectivity index (χ0n) is 7.97. The van der Waals surface area contributed by atoms with E-state index in [-0.39, 0.29) is 0 Å².